The summed E-state index contributed by atoms with van der Waals surface area (Å²) in [5, 5.41) is 1.13. The number of hydrogen-bond donors (Lipinski definition) is 2. The molecule has 3 aromatic rings. The highest BCUT2D eigenvalue weighted by molar-refractivity contribution is 5.90. The van der Waals surface area contributed by atoms with Gasteiger partial charge in [0.2, 0.25) is 0 Å². The Balaban J connectivity index is 2.27. The predicted molar refractivity (Wildman–Crippen MR) is 99.5 cm³/mol. The second-order valence-electron chi connectivity index (χ2n) is 6.10. The second kappa shape index (κ2) is 5.80. The van der Waals surface area contributed by atoms with E-state index in [1.807, 2.05) is 36.4 Å². The minimum absolute atomic E-state index is 0.364. The van der Waals surface area contributed by atoms with Gasteiger partial charge in [0.15, 0.2) is 0 Å². The van der Waals surface area contributed by atoms with Gasteiger partial charge in [-0.2, -0.15) is 0 Å². The van der Waals surface area contributed by atoms with E-state index in [4.69, 9.17) is 16.5 Å². The highest BCUT2D eigenvalue weighted by Crippen LogP contribution is 2.34. The van der Waals surface area contributed by atoms with Crippen LogP contribution in [0.25, 0.3) is 22.2 Å². The highest BCUT2D eigenvalue weighted by atomic mass is 15.1. The summed E-state index contributed by atoms with van der Waals surface area (Å²) in [6.45, 7) is 4.33. The molecule has 0 saturated heterocycles. The standard InChI is InChI=1S/C19H22N4/c1-12(2)23(3)18-11-13-6-4-5-7-17(13)22-19(18)14-8-9-15(20)16(21)10-14/h4-12H,20-21H2,1-3H3. The number of nitrogens with two attached hydrogens (primary N) is 2. The Morgan fingerprint density at radius 1 is 0.957 bits per heavy atom. The van der Waals surface area contributed by atoms with Crippen LogP contribution in [0.4, 0.5) is 17.1 Å². The minimum atomic E-state index is 0.364. The van der Waals surface area contributed by atoms with Crippen molar-refractivity contribution in [2.45, 2.75) is 19.9 Å². The van der Waals surface area contributed by atoms with E-state index in [1.54, 1.807) is 0 Å². The van der Waals surface area contributed by atoms with Crippen molar-refractivity contribution < 1.29 is 0 Å². The summed E-state index contributed by atoms with van der Waals surface area (Å²) in [6.07, 6.45) is 0. The fourth-order valence-electron chi connectivity index (χ4n) is 2.59. The Morgan fingerprint density at radius 3 is 2.39 bits per heavy atom. The number of nitrogens with zero attached hydrogens (tertiary/aromatic N) is 2. The molecule has 3 rings (SSSR count). The third-order valence-electron chi connectivity index (χ3n) is 4.22. The van der Waals surface area contributed by atoms with Crippen LogP contribution in [0.5, 0.6) is 0 Å². The minimum Gasteiger partial charge on any atom is -0.397 e. The lowest BCUT2D eigenvalue weighted by Gasteiger charge is -2.26. The van der Waals surface area contributed by atoms with Gasteiger partial charge in [-0.1, -0.05) is 24.3 Å². The number of pyridine rings is 1. The Labute approximate surface area is 136 Å². The fourth-order valence-corrected chi connectivity index (χ4v) is 2.59. The van der Waals surface area contributed by atoms with Gasteiger partial charge in [0.1, 0.15) is 0 Å². The smallest absolute Gasteiger partial charge is 0.0943 e. The molecule has 4 N–H and O–H groups in total. The zero-order chi connectivity index (χ0) is 16.6. The summed E-state index contributed by atoms with van der Waals surface area (Å²) in [5.41, 5.74) is 17.0. The molecule has 0 bridgehead atoms. The topological polar surface area (TPSA) is 68.2 Å². The van der Waals surface area contributed by atoms with Crippen molar-refractivity contribution in [1.29, 1.82) is 0 Å². The summed E-state index contributed by atoms with van der Waals surface area (Å²) < 4.78 is 0. The van der Waals surface area contributed by atoms with Gasteiger partial charge in [0, 0.05) is 24.0 Å². The van der Waals surface area contributed by atoms with Gasteiger partial charge in [-0.3, -0.25) is 0 Å². The summed E-state index contributed by atoms with van der Waals surface area (Å²) in [6, 6.07) is 16.4. The third kappa shape index (κ3) is 2.80. The van der Waals surface area contributed by atoms with Crippen molar-refractivity contribution in [2.75, 3.05) is 23.4 Å². The first-order chi connectivity index (χ1) is 11.0. The Kier molecular flexibility index (Phi) is 3.82. The van der Waals surface area contributed by atoms with Crippen LogP contribution in [0, 0.1) is 0 Å². The molecular weight excluding hydrogens is 284 g/mol. The lowest BCUT2D eigenvalue weighted by molar-refractivity contribution is 0.754. The molecular formula is C19H22N4. The maximum absolute atomic E-state index is 5.99. The Hall–Kier alpha value is -2.75. The molecule has 0 aliphatic carbocycles. The van der Waals surface area contributed by atoms with E-state index < -0.39 is 0 Å². The van der Waals surface area contributed by atoms with E-state index in [1.165, 1.54) is 0 Å². The molecule has 0 radical (unpaired) electrons. The summed E-state index contributed by atoms with van der Waals surface area (Å²) in [4.78, 5) is 7.11. The third-order valence-corrected chi connectivity index (χ3v) is 4.22. The van der Waals surface area contributed by atoms with Crippen molar-refractivity contribution in [3.63, 3.8) is 0 Å². The molecule has 23 heavy (non-hydrogen) atoms. The average Bonchev–Trinajstić information content (AvgIpc) is 2.55. The van der Waals surface area contributed by atoms with Crippen LogP contribution in [0.2, 0.25) is 0 Å². The lowest BCUT2D eigenvalue weighted by atomic mass is 10.0. The predicted octanol–water partition coefficient (Wildman–Crippen LogP) is 3.91. The van der Waals surface area contributed by atoms with Crippen molar-refractivity contribution >= 4 is 28.0 Å². The molecule has 1 heterocycles. The van der Waals surface area contributed by atoms with Gasteiger partial charge in [0.25, 0.3) is 0 Å². The average molecular weight is 306 g/mol. The number of para-hydroxylation sites is 1. The SMILES string of the molecule is CC(C)N(C)c1cc2ccccc2nc1-c1ccc(N)c(N)c1. The lowest BCUT2D eigenvalue weighted by Crippen LogP contribution is -2.26. The molecule has 118 valence electrons. The Bertz CT molecular complexity index is 855. The molecule has 0 aliphatic rings. The van der Waals surface area contributed by atoms with Crippen molar-refractivity contribution in [1.82, 2.24) is 4.98 Å². The molecule has 0 saturated carbocycles. The maximum Gasteiger partial charge on any atom is 0.0943 e. The first-order valence-corrected chi connectivity index (χ1v) is 7.75. The van der Waals surface area contributed by atoms with Crippen molar-refractivity contribution in [2.24, 2.45) is 0 Å². The first-order valence-electron chi connectivity index (χ1n) is 7.75. The highest BCUT2D eigenvalue weighted by Gasteiger charge is 2.15. The first kappa shape index (κ1) is 15.2. The summed E-state index contributed by atoms with van der Waals surface area (Å²) in [5.74, 6) is 0. The molecule has 0 fully saturated rings. The number of hydrogen-bond acceptors (Lipinski definition) is 4. The quantitative estimate of drug-likeness (QED) is 0.720. The van der Waals surface area contributed by atoms with Crippen LogP contribution >= 0.6 is 0 Å². The van der Waals surface area contributed by atoms with Crippen molar-refractivity contribution in [3.8, 4) is 11.3 Å². The van der Waals surface area contributed by atoms with Gasteiger partial charge < -0.3 is 16.4 Å². The fraction of sp³-hybridized carbons (Fsp3) is 0.211. The molecule has 2 aromatic carbocycles. The molecule has 0 unspecified atom stereocenters. The van der Waals surface area contributed by atoms with Gasteiger partial charge in [-0.15, -0.1) is 0 Å². The molecule has 0 atom stereocenters. The van der Waals surface area contributed by atoms with Gasteiger partial charge in [-0.05, 0) is 38.1 Å². The number of benzene rings is 2. The number of aromatic nitrogens is 1. The molecule has 0 spiro atoms. The van der Waals surface area contributed by atoms with E-state index >= 15 is 0 Å². The van der Waals surface area contributed by atoms with Gasteiger partial charge in [0.05, 0.1) is 28.3 Å². The van der Waals surface area contributed by atoms with Gasteiger partial charge in [-0.25, -0.2) is 4.98 Å². The number of nitrogen functional groups attached to an aromatic ring is 2. The van der Waals surface area contributed by atoms with Crippen LogP contribution in [0.15, 0.2) is 48.5 Å². The summed E-state index contributed by atoms with van der Waals surface area (Å²) in [7, 11) is 2.08. The van der Waals surface area contributed by atoms with E-state index in [2.05, 4.69) is 37.9 Å². The molecule has 1 aromatic heterocycles. The van der Waals surface area contributed by atoms with Gasteiger partial charge >= 0.3 is 0 Å². The van der Waals surface area contributed by atoms with Crippen LogP contribution in [0.3, 0.4) is 0 Å². The molecule has 4 heteroatoms. The largest absolute Gasteiger partial charge is 0.397 e. The zero-order valence-electron chi connectivity index (χ0n) is 13.7. The van der Waals surface area contributed by atoms with Crippen LogP contribution < -0.4 is 16.4 Å². The van der Waals surface area contributed by atoms with E-state index in [-0.39, 0.29) is 0 Å². The van der Waals surface area contributed by atoms with E-state index in [0.717, 1.165) is 27.8 Å². The number of fused-ring (bicyclic) bond motifs is 1. The van der Waals surface area contributed by atoms with Crippen molar-refractivity contribution in [3.05, 3.63) is 48.5 Å². The summed E-state index contributed by atoms with van der Waals surface area (Å²) >= 11 is 0. The number of anilines is 3. The normalized spacial score (nSPS) is 11.1. The monoisotopic (exact) mass is 306 g/mol. The maximum atomic E-state index is 5.99. The molecule has 4 nitrogen and oxygen atoms in total. The zero-order valence-corrected chi connectivity index (χ0v) is 13.7. The molecule has 0 aliphatic heterocycles. The second-order valence-corrected chi connectivity index (χ2v) is 6.10. The van der Waals surface area contributed by atoms with Crippen LogP contribution in [0.1, 0.15) is 13.8 Å². The Morgan fingerprint density at radius 2 is 1.70 bits per heavy atom. The molecule has 0 amide bonds. The van der Waals surface area contributed by atoms with E-state index in [9.17, 15) is 0 Å². The van der Waals surface area contributed by atoms with E-state index in [0.29, 0.717) is 17.4 Å². The number of rotatable bonds is 3. The van der Waals surface area contributed by atoms with Crippen LogP contribution in [-0.2, 0) is 0 Å². The van der Waals surface area contributed by atoms with Crippen LogP contribution in [-0.4, -0.2) is 18.1 Å².